The van der Waals surface area contributed by atoms with E-state index in [9.17, 15) is 14.4 Å². The number of nitrogens with one attached hydrogen (secondary N) is 1. The van der Waals surface area contributed by atoms with Crippen molar-refractivity contribution < 1.29 is 14.4 Å². The molecule has 3 rings (SSSR count). The van der Waals surface area contributed by atoms with Gasteiger partial charge in [-0.05, 0) is 25.5 Å². The highest BCUT2D eigenvalue weighted by Crippen LogP contribution is 2.25. The number of rotatable bonds is 7. The highest BCUT2D eigenvalue weighted by Gasteiger charge is 2.35. The average Bonchev–Trinajstić information content (AvgIpc) is 3.02. The van der Waals surface area contributed by atoms with E-state index in [2.05, 4.69) is 16.8 Å². The molecule has 1 aromatic carbocycles. The number of aryl methyl sites for hydroxylation is 1. The lowest BCUT2D eigenvalue weighted by Crippen LogP contribution is -2.54. The normalized spacial score (nSPS) is 16.4. The summed E-state index contributed by atoms with van der Waals surface area (Å²) in [7, 11) is 0. The number of unbranched alkanes of at least 4 members (excludes halogenated alkanes) is 3. The van der Waals surface area contributed by atoms with Crippen LogP contribution in [0.3, 0.4) is 0 Å². The third kappa shape index (κ3) is 3.79. The fourth-order valence-corrected chi connectivity index (χ4v) is 3.40. The van der Waals surface area contributed by atoms with E-state index in [-0.39, 0.29) is 5.57 Å². The zero-order valence-electron chi connectivity index (χ0n) is 15.8. The van der Waals surface area contributed by atoms with E-state index in [1.54, 1.807) is 6.08 Å². The van der Waals surface area contributed by atoms with Crippen LogP contribution in [-0.4, -0.2) is 33.9 Å². The number of aromatic nitrogens is 1. The van der Waals surface area contributed by atoms with Gasteiger partial charge in [-0.2, -0.15) is 0 Å². The monoisotopic (exact) mass is 367 g/mol. The van der Waals surface area contributed by atoms with Gasteiger partial charge in [0.05, 0.1) is 0 Å². The lowest BCUT2D eigenvalue weighted by Gasteiger charge is -2.26. The summed E-state index contributed by atoms with van der Waals surface area (Å²) in [6.07, 6.45) is 7.35. The predicted octanol–water partition coefficient (Wildman–Crippen LogP) is 3.70. The van der Waals surface area contributed by atoms with Crippen LogP contribution in [-0.2, 0) is 16.1 Å². The Morgan fingerprint density at radius 1 is 1.04 bits per heavy atom. The highest BCUT2D eigenvalue weighted by molar-refractivity contribution is 6.31. The van der Waals surface area contributed by atoms with Gasteiger partial charge in [-0.25, -0.2) is 4.79 Å². The molecule has 0 spiro atoms. The van der Waals surface area contributed by atoms with E-state index in [1.807, 2.05) is 37.4 Å². The van der Waals surface area contributed by atoms with Crippen molar-refractivity contribution >= 4 is 34.8 Å². The maximum Gasteiger partial charge on any atom is 0.331 e. The zero-order valence-corrected chi connectivity index (χ0v) is 15.8. The number of imide groups is 2. The molecule has 0 atom stereocenters. The molecule has 6 nitrogen and oxygen atoms in total. The number of para-hydroxylation sites is 1. The van der Waals surface area contributed by atoms with E-state index in [4.69, 9.17) is 0 Å². The molecule has 1 fully saturated rings. The molecule has 1 aromatic heterocycles. The molecule has 1 aliphatic heterocycles. The number of fused-ring (bicyclic) bond motifs is 1. The van der Waals surface area contributed by atoms with Crippen LogP contribution in [0.25, 0.3) is 17.0 Å². The molecule has 1 saturated heterocycles. The van der Waals surface area contributed by atoms with Crippen LogP contribution in [0, 0.1) is 0 Å². The van der Waals surface area contributed by atoms with Crippen molar-refractivity contribution in [2.24, 2.45) is 0 Å². The molecular formula is C21H25N3O3. The van der Waals surface area contributed by atoms with E-state index in [0.717, 1.165) is 53.6 Å². The van der Waals surface area contributed by atoms with Crippen LogP contribution >= 0.6 is 0 Å². The van der Waals surface area contributed by atoms with Crippen molar-refractivity contribution in [3.8, 4) is 0 Å². The lowest BCUT2D eigenvalue weighted by molar-refractivity contribution is -0.130. The third-order valence-electron chi connectivity index (χ3n) is 4.88. The molecule has 0 radical (unpaired) electrons. The number of hydrogen-bond donors (Lipinski definition) is 1. The van der Waals surface area contributed by atoms with Gasteiger partial charge in [0.25, 0.3) is 11.8 Å². The Balaban J connectivity index is 1.91. The average molecular weight is 367 g/mol. The molecule has 0 aliphatic carbocycles. The second kappa shape index (κ2) is 8.20. The van der Waals surface area contributed by atoms with Crippen LogP contribution in [0.5, 0.6) is 0 Å². The fourth-order valence-electron chi connectivity index (χ4n) is 3.40. The highest BCUT2D eigenvalue weighted by atomic mass is 16.2. The Morgan fingerprint density at radius 2 is 1.81 bits per heavy atom. The molecule has 0 unspecified atom stereocenters. The van der Waals surface area contributed by atoms with Crippen molar-refractivity contribution in [3.63, 3.8) is 0 Å². The van der Waals surface area contributed by atoms with E-state index in [0.29, 0.717) is 6.54 Å². The maximum atomic E-state index is 12.8. The fraction of sp³-hybridized carbons (Fsp3) is 0.381. The minimum absolute atomic E-state index is 0.00379. The van der Waals surface area contributed by atoms with Gasteiger partial charge >= 0.3 is 6.03 Å². The number of carbonyl (C=O) groups excluding carboxylic acids is 3. The quantitative estimate of drug-likeness (QED) is 0.461. The number of urea groups is 1. The largest absolute Gasteiger partial charge is 0.347 e. The first kappa shape index (κ1) is 18.9. The second-order valence-electron chi connectivity index (χ2n) is 6.72. The Morgan fingerprint density at radius 3 is 2.56 bits per heavy atom. The maximum absolute atomic E-state index is 12.8. The number of nitrogens with zero attached hydrogens (tertiary/aromatic N) is 2. The van der Waals surface area contributed by atoms with Gasteiger partial charge in [0.2, 0.25) is 0 Å². The summed E-state index contributed by atoms with van der Waals surface area (Å²) in [5, 5.41) is 3.26. The lowest BCUT2D eigenvalue weighted by atomic mass is 10.1. The molecule has 27 heavy (non-hydrogen) atoms. The number of amides is 4. The SMILES string of the molecule is CCCCCCN1C(=O)NC(=O)C(=Cc2cn(CC)c3ccccc23)C1=O. The molecule has 142 valence electrons. The summed E-state index contributed by atoms with van der Waals surface area (Å²) in [5.41, 5.74) is 1.85. The third-order valence-corrected chi connectivity index (χ3v) is 4.88. The molecule has 4 amide bonds. The molecule has 1 aliphatic rings. The molecular weight excluding hydrogens is 342 g/mol. The summed E-state index contributed by atoms with van der Waals surface area (Å²) in [5.74, 6) is -1.16. The van der Waals surface area contributed by atoms with Crippen LogP contribution in [0.4, 0.5) is 4.79 Å². The number of benzene rings is 1. The number of barbiturate groups is 1. The summed E-state index contributed by atoms with van der Waals surface area (Å²) in [6, 6.07) is 7.23. The van der Waals surface area contributed by atoms with Gasteiger partial charge in [0.1, 0.15) is 5.57 Å². The number of hydrogen-bond acceptors (Lipinski definition) is 3. The molecule has 0 bridgehead atoms. The van der Waals surface area contributed by atoms with Crippen LogP contribution < -0.4 is 5.32 Å². The van der Waals surface area contributed by atoms with Crippen LogP contribution in [0.2, 0.25) is 0 Å². The Kier molecular flexibility index (Phi) is 5.74. The van der Waals surface area contributed by atoms with Crippen LogP contribution in [0.15, 0.2) is 36.0 Å². The predicted molar refractivity (Wildman–Crippen MR) is 105 cm³/mol. The van der Waals surface area contributed by atoms with Gasteiger partial charge in [-0.15, -0.1) is 0 Å². The van der Waals surface area contributed by atoms with Crippen molar-refractivity contribution in [1.29, 1.82) is 0 Å². The van der Waals surface area contributed by atoms with Crippen molar-refractivity contribution in [2.45, 2.75) is 46.1 Å². The molecule has 2 aromatic rings. The Labute approximate surface area is 158 Å². The standard InChI is InChI=1S/C21H25N3O3/c1-3-5-6-9-12-24-20(26)17(19(25)22-21(24)27)13-15-14-23(4-2)18-11-8-7-10-16(15)18/h7-8,10-11,13-14H,3-6,9,12H2,1-2H3,(H,22,25,27). The topological polar surface area (TPSA) is 71.4 Å². The summed E-state index contributed by atoms with van der Waals surface area (Å²) < 4.78 is 2.07. The first-order valence-electron chi connectivity index (χ1n) is 9.53. The van der Waals surface area contributed by atoms with Crippen LogP contribution in [0.1, 0.15) is 45.1 Å². The molecule has 0 saturated carbocycles. The van der Waals surface area contributed by atoms with E-state index in [1.165, 1.54) is 0 Å². The van der Waals surface area contributed by atoms with E-state index >= 15 is 0 Å². The first-order chi connectivity index (χ1) is 13.1. The van der Waals surface area contributed by atoms with Crippen molar-refractivity contribution in [3.05, 3.63) is 41.6 Å². The van der Waals surface area contributed by atoms with Gasteiger partial charge in [0, 0.05) is 35.8 Å². The Hall–Kier alpha value is -2.89. The first-order valence-corrected chi connectivity index (χ1v) is 9.53. The Bertz CT molecular complexity index is 911. The van der Waals surface area contributed by atoms with Crippen molar-refractivity contribution in [1.82, 2.24) is 14.8 Å². The minimum atomic E-state index is -0.636. The van der Waals surface area contributed by atoms with Gasteiger partial charge in [0.15, 0.2) is 0 Å². The molecule has 2 heterocycles. The van der Waals surface area contributed by atoms with Crippen molar-refractivity contribution in [2.75, 3.05) is 6.54 Å². The van der Waals surface area contributed by atoms with Gasteiger partial charge < -0.3 is 4.57 Å². The second-order valence-corrected chi connectivity index (χ2v) is 6.72. The molecule has 6 heteroatoms. The molecule has 1 N–H and O–H groups in total. The smallest absolute Gasteiger partial charge is 0.331 e. The van der Waals surface area contributed by atoms with Gasteiger partial charge in [-0.1, -0.05) is 44.4 Å². The summed E-state index contributed by atoms with van der Waals surface area (Å²) in [6.45, 7) is 5.25. The van der Waals surface area contributed by atoms with E-state index < -0.39 is 17.8 Å². The number of carbonyl (C=O) groups is 3. The minimum Gasteiger partial charge on any atom is -0.347 e. The van der Waals surface area contributed by atoms with Gasteiger partial charge in [-0.3, -0.25) is 19.8 Å². The summed E-state index contributed by atoms with van der Waals surface area (Å²) >= 11 is 0. The zero-order chi connectivity index (χ0) is 19.4. The summed E-state index contributed by atoms with van der Waals surface area (Å²) in [4.78, 5) is 38.3.